The molecule has 0 unspecified atom stereocenters. The number of carboxylic acids is 1. The maximum absolute atomic E-state index is 11.8. The van der Waals surface area contributed by atoms with Crippen molar-refractivity contribution in [1.82, 2.24) is 15.1 Å². The molecule has 1 saturated heterocycles. The molecule has 2 N–H and O–H groups in total. The van der Waals surface area contributed by atoms with Gasteiger partial charge in [-0.3, -0.25) is 4.79 Å². The first-order valence-electron chi connectivity index (χ1n) is 6.88. The Morgan fingerprint density at radius 2 is 2.00 bits per heavy atom. The number of nitrogens with one attached hydrogen (secondary N) is 1. The first-order chi connectivity index (χ1) is 8.99. The van der Waals surface area contributed by atoms with Crippen LogP contribution in [0.25, 0.3) is 0 Å². The Kier molecular flexibility index (Phi) is 6.62. The van der Waals surface area contributed by atoms with Crippen molar-refractivity contribution in [3.63, 3.8) is 0 Å². The summed E-state index contributed by atoms with van der Waals surface area (Å²) < 4.78 is 0. The molecule has 6 nitrogen and oxygen atoms in total. The molecular formula is C13H25N3O3. The fraction of sp³-hybridized carbons (Fsp3) is 0.846. The second-order valence-electron chi connectivity index (χ2n) is 5.36. The fourth-order valence-corrected chi connectivity index (χ4v) is 2.28. The van der Waals surface area contributed by atoms with Gasteiger partial charge >= 0.3 is 12.0 Å². The van der Waals surface area contributed by atoms with Gasteiger partial charge in [-0.2, -0.15) is 0 Å². The molecule has 2 amide bonds. The predicted molar refractivity (Wildman–Crippen MR) is 73.1 cm³/mol. The van der Waals surface area contributed by atoms with E-state index in [1.54, 1.807) is 11.9 Å². The van der Waals surface area contributed by atoms with Crippen molar-refractivity contribution in [3.8, 4) is 0 Å². The lowest BCUT2D eigenvalue weighted by Crippen LogP contribution is -2.42. The first-order valence-corrected chi connectivity index (χ1v) is 6.88. The third-order valence-electron chi connectivity index (χ3n) is 3.56. The zero-order chi connectivity index (χ0) is 14.3. The van der Waals surface area contributed by atoms with Gasteiger partial charge in [0, 0.05) is 26.6 Å². The molecule has 0 aromatic carbocycles. The van der Waals surface area contributed by atoms with Gasteiger partial charge in [0.05, 0.1) is 0 Å². The lowest BCUT2D eigenvalue weighted by atomic mass is 9.97. The molecule has 1 aliphatic heterocycles. The Labute approximate surface area is 114 Å². The molecular weight excluding hydrogens is 246 g/mol. The van der Waals surface area contributed by atoms with Crippen molar-refractivity contribution >= 4 is 12.0 Å². The predicted octanol–water partition coefficient (Wildman–Crippen LogP) is 0.834. The van der Waals surface area contributed by atoms with E-state index in [0.29, 0.717) is 18.9 Å². The maximum atomic E-state index is 11.8. The lowest BCUT2D eigenvalue weighted by molar-refractivity contribution is -0.137. The Bertz CT molecular complexity index is 302. The largest absolute Gasteiger partial charge is 0.481 e. The SMILES string of the molecule is CN1CCC(CN(C)C(=O)NCCCC(=O)O)CC1. The van der Waals surface area contributed by atoms with Crippen molar-refractivity contribution in [2.24, 2.45) is 5.92 Å². The molecule has 1 rings (SSSR count). The summed E-state index contributed by atoms with van der Waals surface area (Å²) in [6.45, 7) is 3.39. The molecule has 0 saturated carbocycles. The van der Waals surface area contributed by atoms with E-state index in [1.165, 1.54) is 0 Å². The summed E-state index contributed by atoms with van der Waals surface area (Å²) in [6.07, 6.45) is 2.84. The third-order valence-corrected chi connectivity index (χ3v) is 3.56. The van der Waals surface area contributed by atoms with Crippen LogP contribution in [0.2, 0.25) is 0 Å². The van der Waals surface area contributed by atoms with Crippen LogP contribution in [-0.2, 0) is 4.79 Å². The van der Waals surface area contributed by atoms with E-state index < -0.39 is 5.97 Å². The van der Waals surface area contributed by atoms with Crippen LogP contribution in [-0.4, -0.2) is 67.2 Å². The number of hydrogen-bond acceptors (Lipinski definition) is 3. The maximum Gasteiger partial charge on any atom is 0.317 e. The minimum absolute atomic E-state index is 0.0962. The van der Waals surface area contributed by atoms with Gasteiger partial charge in [-0.1, -0.05) is 0 Å². The van der Waals surface area contributed by atoms with E-state index >= 15 is 0 Å². The zero-order valence-corrected chi connectivity index (χ0v) is 11.9. The van der Waals surface area contributed by atoms with Crippen molar-refractivity contribution < 1.29 is 14.7 Å². The van der Waals surface area contributed by atoms with Gasteiger partial charge in [-0.05, 0) is 45.3 Å². The van der Waals surface area contributed by atoms with Crippen LogP contribution < -0.4 is 5.32 Å². The van der Waals surface area contributed by atoms with Gasteiger partial charge in [0.15, 0.2) is 0 Å². The molecule has 19 heavy (non-hydrogen) atoms. The van der Waals surface area contributed by atoms with Crippen LogP contribution in [0.3, 0.4) is 0 Å². The van der Waals surface area contributed by atoms with Gasteiger partial charge in [-0.25, -0.2) is 4.79 Å². The number of carbonyl (C=O) groups excluding carboxylic acids is 1. The van der Waals surface area contributed by atoms with Gasteiger partial charge in [0.25, 0.3) is 0 Å². The highest BCUT2D eigenvalue weighted by atomic mass is 16.4. The second-order valence-corrected chi connectivity index (χ2v) is 5.36. The van der Waals surface area contributed by atoms with E-state index in [4.69, 9.17) is 5.11 Å². The Balaban J connectivity index is 2.15. The highest BCUT2D eigenvalue weighted by Gasteiger charge is 2.20. The average Bonchev–Trinajstić information content (AvgIpc) is 2.36. The van der Waals surface area contributed by atoms with Gasteiger partial charge in [0.2, 0.25) is 0 Å². The van der Waals surface area contributed by atoms with Crippen LogP contribution in [0.5, 0.6) is 0 Å². The number of nitrogens with zero attached hydrogens (tertiary/aromatic N) is 2. The molecule has 0 bridgehead atoms. The molecule has 0 spiro atoms. The van der Waals surface area contributed by atoms with Gasteiger partial charge < -0.3 is 20.2 Å². The molecule has 0 radical (unpaired) electrons. The number of piperidine rings is 1. The zero-order valence-electron chi connectivity index (χ0n) is 11.9. The molecule has 1 aliphatic rings. The number of rotatable bonds is 6. The molecule has 1 fully saturated rings. The standard InChI is InChI=1S/C13H25N3O3/c1-15-8-5-11(6-9-15)10-16(2)13(19)14-7-3-4-12(17)18/h11H,3-10H2,1-2H3,(H,14,19)(H,17,18). The minimum Gasteiger partial charge on any atom is -0.481 e. The summed E-state index contributed by atoms with van der Waals surface area (Å²) in [5.74, 6) is -0.250. The number of hydrogen-bond donors (Lipinski definition) is 2. The summed E-state index contributed by atoms with van der Waals surface area (Å²) in [5.41, 5.74) is 0. The molecule has 0 aliphatic carbocycles. The molecule has 0 aromatic heterocycles. The third kappa shape index (κ3) is 6.42. The second kappa shape index (κ2) is 7.99. The normalized spacial score (nSPS) is 17.2. The van der Waals surface area contributed by atoms with E-state index in [9.17, 15) is 9.59 Å². The molecule has 6 heteroatoms. The van der Waals surface area contributed by atoms with Crippen LogP contribution in [0.15, 0.2) is 0 Å². The fourth-order valence-electron chi connectivity index (χ4n) is 2.28. The van der Waals surface area contributed by atoms with E-state index in [0.717, 1.165) is 32.5 Å². The summed E-state index contributed by atoms with van der Waals surface area (Å²) in [7, 11) is 3.92. The van der Waals surface area contributed by atoms with Crippen LogP contribution >= 0.6 is 0 Å². The molecule has 110 valence electrons. The summed E-state index contributed by atoms with van der Waals surface area (Å²) in [4.78, 5) is 26.1. The molecule has 0 aromatic rings. The van der Waals surface area contributed by atoms with Crippen molar-refractivity contribution in [2.75, 3.05) is 40.3 Å². The Morgan fingerprint density at radius 1 is 1.37 bits per heavy atom. The molecule has 0 atom stereocenters. The van der Waals surface area contributed by atoms with E-state index in [2.05, 4.69) is 17.3 Å². The van der Waals surface area contributed by atoms with Gasteiger partial charge in [-0.15, -0.1) is 0 Å². The van der Waals surface area contributed by atoms with Crippen molar-refractivity contribution in [3.05, 3.63) is 0 Å². The topological polar surface area (TPSA) is 72.9 Å². The number of aliphatic carboxylic acids is 1. The van der Waals surface area contributed by atoms with Crippen molar-refractivity contribution in [1.29, 1.82) is 0 Å². The number of carboxylic acid groups (broad SMARTS) is 1. The first kappa shape index (κ1) is 15.8. The highest BCUT2D eigenvalue weighted by molar-refractivity contribution is 5.73. The quantitative estimate of drug-likeness (QED) is 0.702. The Morgan fingerprint density at radius 3 is 2.58 bits per heavy atom. The van der Waals surface area contributed by atoms with Crippen LogP contribution in [0.4, 0.5) is 4.79 Å². The van der Waals surface area contributed by atoms with Crippen LogP contribution in [0.1, 0.15) is 25.7 Å². The Hall–Kier alpha value is -1.30. The summed E-state index contributed by atoms with van der Waals surface area (Å²) >= 11 is 0. The van der Waals surface area contributed by atoms with E-state index in [-0.39, 0.29) is 12.5 Å². The minimum atomic E-state index is -0.825. The summed E-state index contributed by atoms with van der Waals surface area (Å²) in [6, 6.07) is -0.107. The highest BCUT2D eigenvalue weighted by Crippen LogP contribution is 2.16. The number of amides is 2. The summed E-state index contributed by atoms with van der Waals surface area (Å²) in [5, 5.41) is 11.2. The number of carbonyl (C=O) groups is 2. The van der Waals surface area contributed by atoms with Gasteiger partial charge in [0.1, 0.15) is 0 Å². The van der Waals surface area contributed by atoms with E-state index in [1.807, 2.05) is 0 Å². The average molecular weight is 271 g/mol. The number of likely N-dealkylation sites (tertiary alicyclic amines) is 1. The molecule has 1 heterocycles. The smallest absolute Gasteiger partial charge is 0.317 e. The van der Waals surface area contributed by atoms with Crippen molar-refractivity contribution in [2.45, 2.75) is 25.7 Å². The monoisotopic (exact) mass is 271 g/mol. The van der Waals surface area contributed by atoms with Crippen LogP contribution in [0, 0.1) is 5.92 Å². The lowest BCUT2D eigenvalue weighted by Gasteiger charge is -2.31. The number of urea groups is 1.